The molecule has 0 bridgehead atoms. The Morgan fingerprint density at radius 1 is 1.21 bits per heavy atom. The fourth-order valence-electron chi connectivity index (χ4n) is 2.17. The van der Waals surface area contributed by atoms with Gasteiger partial charge in [-0.25, -0.2) is 13.5 Å². The molecule has 0 aliphatic rings. The van der Waals surface area contributed by atoms with E-state index >= 15 is 0 Å². The lowest BCUT2D eigenvalue weighted by Gasteiger charge is -2.11. The standard InChI is InChI=1S/C14H17F2N3/c1-8(17)4-11-6-12(15)14(13(16)7-11)19-10(3)5-9(2)18-19/h5-8H,4,17H2,1-3H3. The summed E-state index contributed by atoms with van der Waals surface area (Å²) in [7, 11) is 0. The lowest BCUT2D eigenvalue weighted by atomic mass is 10.1. The van der Waals surface area contributed by atoms with Crippen LogP contribution in [-0.4, -0.2) is 15.8 Å². The van der Waals surface area contributed by atoms with E-state index in [1.807, 2.05) is 0 Å². The van der Waals surface area contributed by atoms with Crippen molar-refractivity contribution in [3.63, 3.8) is 0 Å². The van der Waals surface area contributed by atoms with Gasteiger partial charge in [0.25, 0.3) is 0 Å². The highest BCUT2D eigenvalue weighted by Gasteiger charge is 2.16. The Kier molecular flexibility index (Phi) is 3.66. The number of rotatable bonds is 3. The molecular formula is C14H17F2N3. The molecule has 3 nitrogen and oxygen atoms in total. The zero-order valence-corrected chi connectivity index (χ0v) is 11.2. The van der Waals surface area contributed by atoms with E-state index in [0.717, 1.165) is 5.69 Å². The highest BCUT2D eigenvalue weighted by atomic mass is 19.1. The molecule has 1 heterocycles. The second-order valence-corrected chi connectivity index (χ2v) is 4.93. The number of hydrogen-bond donors (Lipinski definition) is 1. The molecule has 2 N–H and O–H groups in total. The SMILES string of the molecule is Cc1cc(C)n(-c2c(F)cc(CC(C)N)cc2F)n1. The number of aromatic nitrogens is 2. The summed E-state index contributed by atoms with van der Waals surface area (Å²) in [4.78, 5) is 0. The van der Waals surface area contributed by atoms with Crippen LogP contribution in [-0.2, 0) is 6.42 Å². The van der Waals surface area contributed by atoms with Crippen LogP contribution in [0.3, 0.4) is 0 Å². The Balaban J connectivity index is 2.50. The van der Waals surface area contributed by atoms with Crippen molar-refractivity contribution in [3.05, 3.63) is 46.8 Å². The summed E-state index contributed by atoms with van der Waals surface area (Å²) in [6.07, 6.45) is 0.436. The molecule has 19 heavy (non-hydrogen) atoms. The van der Waals surface area contributed by atoms with Crippen LogP contribution in [0.15, 0.2) is 18.2 Å². The molecule has 0 aliphatic carbocycles. The second kappa shape index (κ2) is 5.09. The van der Waals surface area contributed by atoms with Crippen LogP contribution < -0.4 is 5.73 Å². The number of halogens is 2. The van der Waals surface area contributed by atoms with E-state index in [9.17, 15) is 8.78 Å². The first kappa shape index (κ1) is 13.7. The van der Waals surface area contributed by atoms with Crippen LogP contribution in [0, 0.1) is 25.5 Å². The molecule has 0 radical (unpaired) electrons. The van der Waals surface area contributed by atoms with Gasteiger partial charge in [-0.3, -0.25) is 0 Å². The number of benzene rings is 1. The number of aryl methyl sites for hydroxylation is 2. The minimum Gasteiger partial charge on any atom is -0.328 e. The fourth-order valence-corrected chi connectivity index (χ4v) is 2.17. The molecule has 2 rings (SSSR count). The van der Waals surface area contributed by atoms with Crippen molar-refractivity contribution >= 4 is 0 Å². The molecule has 0 saturated carbocycles. The largest absolute Gasteiger partial charge is 0.328 e. The van der Waals surface area contributed by atoms with E-state index in [0.29, 0.717) is 17.7 Å². The van der Waals surface area contributed by atoms with Crippen LogP contribution in [0.4, 0.5) is 8.78 Å². The zero-order chi connectivity index (χ0) is 14.2. The first-order valence-corrected chi connectivity index (χ1v) is 6.15. The summed E-state index contributed by atoms with van der Waals surface area (Å²) in [5, 5.41) is 4.10. The van der Waals surface area contributed by atoms with Gasteiger partial charge in [-0.15, -0.1) is 0 Å². The van der Waals surface area contributed by atoms with Gasteiger partial charge in [-0.05, 0) is 51.0 Å². The van der Waals surface area contributed by atoms with E-state index in [-0.39, 0.29) is 11.7 Å². The third-order valence-electron chi connectivity index (χ3n) is 2.86. The summed E-state index contributed by atoms with van der Waals surface area (Å²) in [6.45, 7) is 5.34. The van der Waals surface area contributed by atoms with Crippen LogP contribution in [0.2, 0.25) is 0 Å². The summed E-state index contributed by atoms with van der Waals surface area (Å²) >= 11 is 0. The third kappa shape index (κ3) is 2.81. The molecule has 0 saturated heterocycles. The molecule has 102 valence electrons. The minimum atomic E-state index is -0.623. The van der Waals surface area contributed by atoms with Gasteiger partial charge in [0.1, 0.15) is 5.69 Å². The Morgan fingerprint density at radius 2 is 1.79 bits per heavy atom. The molecule has 2 aromatic rings. The zero-order valence-electron chi connectivity index (χ0n) is 11.2. The summed E-state index contributed by atoms with van der Waals surface area (Å²) in [5.74, 6) is -1.25. The predicted molar refractivity (Wildman–Crippen MR) is 70.3 cm³/mol. The van der Waals surface area contributed by atoms with E-state index in [1.54, 1.807) is 26.8 Å². The topological polar surface area (TPSA) is 43.8 Å². The molecule has 1 aromatic heterocycles. The third-order valence-corrected chi connectivity index (χ3v) is 2.86. The lowest BCUT2D eigenvalue weighted by Crippen LogP contribution is -2.18. The van der Waals surface area contributed by atoms with Gasteiger partial charge in [0.05, 0.1) is 5.69 Å². The van der Waals surface area contributed by atoms with Gasteiger partial charge in [-0.1, -0.05) is 0 Å². The Hall–Kier alpha value is -1.75. The van der Waals surface area contributed by atoms with E-state index in [1.165, 1.54) is 16.8 Å². The van der Waals surface area contributed by atoms with Crippen molar-refractivity contribution in [2.24, 2.45) is 5.73 Å². The molecule has 0 aliphatic heterocycles. The molecule has 5 heteroatoms. The Labute approximate surface area is 111 Å². The van der Waals surface area contributed by atoms with Crippen molar-refractivity contribution in [1.82, 2.24) is 9.78 Å². The fraction of sp³-hybridized carbons (Fsp3) is 0.357. The maximum absolute atomic E-state index is 14.1. The number of hydrogen-bond acceptors (Lipinski definition) is 2. The molecule has 1 unspecified atom stereocenters. The van der Waals surface area contributed by atoms with Crippen LogP contribution in [0.5, 0.6) is 0 Å². The van der Waals surface area contributed by atoms with Crippen LogP contribution in [0.1, 0.15) is 23.9 Å². The van der Waals surface area contributed by atoms with Crippen molar-refractivity contribution in [1.29, 1.82) is 0 Å². The van der Waals surface area contributed by atoms with E-state index < -0.39 is 11.6 Å². The number of nitrogens with zero attached hydrogens (tertiary/aromatic N) is 2. The molecule has 0 amide bonds. The molecular weight excluding hydrogens is 248 g/mol. The quantitative estimate of drug-likeness (QED) is 0.927. The molecule has 1 atom stereocenters. The highest BCUT2D eigenvalue weighted by Crippen LogP contribution is 2.22. The van der Waals surface area contributed by atoms with Crippen molar-refractivity contribution in [3.8, 4) is 5.69 Å². The summed E-state index contributed by atoms with van der Waals surface area (Å²) in [5.41, 5.74) is 7.46. The Morgan fingerprint density at radius 3 is 2.21 bits per heavy atom. The first-order chi connectivity index (χ1) is 8.88. The average molecular weight is 265 g/mol. The number of nitrogens with two attached hydrogens (primary N) is 1. The first-order valence-electron chi connectivity index (χ1n) is 6.15. The van der Waals surface area contributed by atoms with Crippen molar-refractivity contribution < 1.29 is 8.78 Å². The normalized spacial score (nSPS) is 12.7. The second-order valence-electron chi connectivity index (χ2n) is 4.93. The summed E-state index contributed by atoms with van der Waals surface area (Å²) in [6, 6.07) is 4.27. The van der Waals surface area contributed by atoms with Gasteiger partial charge >= 0.3 is 0 Å². The average Bonchev–Trinajstić information content (AvgIpc) is 2.55. The highest BCUT2D eigenvalue weighted by molar-refractivity contribution is 5.39. The molecule has 0 fully saturated rings. The predicted octanol–water partition coefficient (Wildman–Crippen LogP) is 2.66. The van der Waals surface area contributed by atoms with Crippen molar-refractivity contribution in [2.45, 2.75) is 33.2 Å². The van der Waals surface area contributed by atoms with Crippen LogP contribution >= 0.6 is 0 Å². The van der Waals surface area contributed by atoms with Crippen LogP contribution in [0.25, 0.3) is 5.69 Å². The van der Waals surface area contributed by atoms with Gasteiger partial charge in [0.2, 0.25) is 0 Å². The minimum absolute atomic E-state index is 0.140. The maximum atomic E-state index is 14.1. The van der Waals surface area contributed by atoms with Gasteiger partial charge in [0, 0.05) is 11.7 Å². The van der Waals surface area contributed by atoms with E-state index in [2.05, 4.69) is 5.10 Å². The Bertz CT molecular complexity index is 580. The van der Waals surface area contributed by atoms with Gasteiger partial charge in [0.15, 0.2) is 11.6 Å². The smallest absolute Gasteiger partial charge is 0.152 e. The molecule has 1 aromatic carbocycles. The summed E-state index contributed by atoms with van der Waals surface area (Å²) < 4.78 is 29.5. The van der Waals surface area contributed by atoms with Crippen molar-refractivity contribution in [2.75, 3.05) is 0 Å². The monoisotopic (exact) mass is 265 g/mol. The van der Waals surface area contributed by atoms with E-state index in [4.69, 9.17) is 5.73 Å². The lowest BCUT2D eigenvalue weighted by molar-refractivity contribution is 0.552. The van der Waals surface area contributed by atoms with Gasteiger partial charge < -0.3 is 5.73 Å². The van der Waals surface area contributed by atoms with Gasteiger partial charge in [-0.2, -0.15) is 5.10 Å². The maximum Gasteiger partial charge on any atom is 0.152 e. The molecule has 0 spiro atoms.